The quantitative estimate of drug-likeness (QED) is 0.609. The zero-order chi connectivity index (χ0) is 9.40. The van der Waals surface area contributed by atoms with Crippen LogP contribution in [0.4, 0.5) is 0 Å². The average Bonchev–Trinajstić information content (AvgIpc) is 2.07. The largest absolute Gasteiger partial charge is 0.478 e. The fraction of sp³-hybridized carbons (Fsp3) is 0.125. The maximum Gasteiger partial charge on any atom is 0.335 e. The van der Waals surface area contributed by atoms with Crippen molar-refractivity contribution in [3.63, 3.8) is 0 Å². The van der Waals surface area contributed by atoms with E-state index < -0.39 is 5.97 Å². The van der Waals surface area contributed by atoms with Crippen LogP contribution >= 0.6 is 0 Å². The van der Waals surface area contributed by atoms with Crippen molar-refractivity contribution in [2.24, 2.45) is 5.73 Å². The molecule has 0 atom stereocenters. The van der Waals surface area contributed by atoms with Crippen LogP contribution in [-0.2, 0) is 0 Å². The fourth-order valence-corrected chi connectivity index (χ4v) is 0.581. The first-order chi connectivity index (χ1) is 5.72. The predicted molar refractivity (Wildman–Crippen MR) is 48.2 cm³/mol. The maximum atomic E-state index is 10.2. The van der Waals surface area contributed by atoms with Gasteiger partial charge < -0.3 is 5.11 Å². The smallest absolute Gasteiger partial charge is 0.335 e. The van der Waals surface area contributed by atoms with E-state index in [9.17, 15) is 4.79 Å². The van der Waals surface area contributed by atoms with Gasteiger partial charge in [-0.25, -0.2) is 4.79 Å². The van der Waals surface area contributed by atoms with Crippen LogP contribution in [0, 0.1) is 0 Å². The normalized spacial score (nSPS) is 8.25. The second-order valence-electron chi connectivity index (χ2n) is 2.08. The number of rotatable bonds is 1. The molecule has 0 aliphatic carbocycles. The van der Waals surface area contributed by atoms with Crippen molar-refractivity contribution in [2.45, 2.75) is 0 Å². The summed E-state index contributed by atoms with van der Waals surface area (Å²) < 4.78 is 0.889. The molecule has 0 aliphatic rings. The van der Waals surface area contributed by atoms with E-state index in [2.05, 4.69) is 0 Å². The van der Waals surface area contributed by atoms with E-state index in [1.165, 1.54) is 0 Å². The summed E-state index contributed by atoms with van der Waals surface area (Å²) in [6.07, 6.45) is 0. The molecule has 0 saturated heterocycles. The molecule has 0 unspecified atom stereocenters. The molecule has 1 aromatic rings. The van der Waals surface area contributed by atoms with Crippen LogP contribution in [0.15, 0.2) is 30.3 Å². The van der Waals surface area contributed by atoms with E-state index in [4.69, 9.17) is 10.8 Å². The molecule has 0 fully saturated rings. The van der Waals surface area contributed by atoms with Gasteiger partial charge in [-0.15, -0.1) is 0 Å². The standard InChI is InChI=1S/C7H6O2.CH4N.Na/c8-7(9)6-4-2-1-3-5-6;1-2;/h1-5H,(H,8,9);1-2H2;. The SMILES string of the molecule is N[CH2][Na].O=C(O)c1ccccc1. The van der Waals surface area contributed by atoms with Gasteiger partial charge in [-0.1, -0.05) is 18.2 Å². The minimum absolute atomic E-state index is 0.331. The Morgan fingerprint density at radius 1 is 1.42 bits per heavy atom. The van der Waals surface area contributed by atoms with E-state index in [-0.39, 0.29) is 0 Å². The van der Waals surface area contributed by atoms with Gasteiger partial charge in [0.1, 0.15) is 0 Å². The summed E-state index contributed by atoms with van der Waals surface area (Å²) in [4.78, 5) is 10.2. The molecule has 60 valence electrons. The molecule has 0 saturated carbocycles. The summed E-state index contributed by atoms with van der Waals surface area (Å²) in [7, 11) is 0. The molecule has 0 amide bonds. The van der Waals surface area contributed by atoms with Gasteiger partial charge in [0.2, 0.25) is 0 Å². The third kappa shape index (κ3) is 5.32. The van der Waals surface area contributed by atoms with Gasteiger partial charge in [-0.3, -0.25) is 0 Å². The third-order valence-corrected chi connectivity index (χ3v) is 1.02. The number of aromatic carboxylic acids is 1. The van der Waals surface area contributed by atoms with Crippen molar-refractivity contribution in [1.29, 1.82) is 0 Å². The third-order valence-electron chi connectivity index (χ3n) is 1.02. The van der Waals surface area contributed by atoms with Crippen LogP contribution in [-0.4, -0.2) is 42.8 Å². The van der Waals surface area contributed by atoms with E-state index in [0.29, 0.717) is 5.56 Å². The van der Waals surface area contributed by atoms with E-state index in [1.807, 2.05) is 0 Å². The molecular formula is C8H10NNaO2. The molecule has 0 bridgehead atoms. The number of hydrogen-bond acceptors (Lipinski definition) is 2. The summed E-state index contributed by atoms with van der Waals surface area (Å²) in [6, 6.07) is 8.30. The van der Waals surface area contributed by atoms with Crippen LogP contribution in [0.25, 0.3) is 0 Å². The van der Waals surface area contributed by atoms with Crippen molar-refractivity contribution in [3.05, 3.63) is 35.9 Å². The molecule has 0 heterocycles. The van der Waals surface area contributed by atoms with Gasteiger partial charge in [-0.05, 0) is 12.1 Å². The first-order valence-electron chi connectivity index (χ1n) is 3.70. The molecule has 12 heavy (non-hydrogen) atoms. The number of carboxylic acids is 1. The van der Waals surface area contributed by atoms with Gasteiger partial charge in [0.25, 0.3) is 0 Å². The maximum absolute atomic E-state index is 10.2. The second kappa shape index (κ2) is 7.31. The summed E-state index contributed by atoms with van der Waals surface area (Å²) in [5, 5.41) is 8.38. The Morgan fingerprint density at radius 2 is 1.83 bits per heavy atom. The summed E-state index contributed by atoms with van der Waals surface area (Å²) in [5.74, 6) is -0.879. The van der Waals surface area contributed by atoms with Crippen LogP contribution in [0.1, 0.15) is 10.4 Å². The monoisotopic (exact) mass is 175 g/mol. The summed E-state index contributed by atoms with van der Waals surface area (Å²) >= 11 is 1.15. The molecular weight excluding hydrogens is 165 g/mol. The Labute approximate surface area is 89.0 Å². The first-order valence-corrected chi connectivity index (χ1v) is 5.12. The van der Waals surface area contributed by atoms with Gasteiger partial charge in [0.05, 0.1) is 5.56 Å². The topological polar surface area (TPSA) is 63.3 Å². The Balaban J connectivity index is 0.000000354. The second-order valence-corrected chi connectivity index (χ2v) is 2.90. The fourth-order valence-electron chi connectivity index (χ4n) is 0.581. The minimum Gasteiger partial charge on any atom is -0.478 e. The summed E-state index contributed by atoms with van der Waals surface area (Å²) in [5.41, 5.74) is 5.24. The van der Waals surface area contributed by atoms with E-state index in [0.717, 1.165) is 31.7 Å². The van der Waals surface area contributed by atoms with Crippen molar-refractivity contribution < 1.29 is 9.90 Å². The van der Waals surface area contributed by atoms with Crippen LogP contribution < -0.4 is 5.73 Å². The van der Waals surface area contributed by atoms with E-state index >= 15 is 0 Å². The van der Waals surface area contributed by atoms with Crippen LogP contribution in [0.3, 0.4) is 0 Å². The molecule has 0 radical (unpaired) electrons. The minimum atomic E-state index is -0.879. The average molecular weight is 175 g/mol. The van der Waals surface area contributed by atoms with Gasteiger partial charge in [0.15, 0.2) is 0 Å². The molecule has 0 aromatic heterocycles. The van der Waals surface area contributed by atoms with Gasteiger partial charge >= 0.3 is 43.4 Å². The first kappa shape index (κ1) is 11.6. The molecule has 0 aliphatic heterocycles. The number of nitrogens with two attached hydrogens (primary N) is 1. The predicted octanol–water partition coefficient (Wildman–Crippen LogP) is 0.456. The Bertz CT molecular complexity index is 226. The Kier molecular flexibility index (Phi) is 7.09. The molecule has 1 rings (SSSR count). The molecule has 4 heteroatoms. The van der Waals surface area contributed by atoms with Crippen molar-refractivity contribution in [2.75, 3.05) is 3.79 Å². The van der Waals surface area contributed by atoms with Crippen molar-refractivity contribution >= 4 is 33.9 Å². The zero-order valence-electron chi connectivity index (χ0n) is 7.03. The molecule has 1 aromatic carbocycles. The van der Waals surface area contributed by atoms with E-state index in [1.54, 1.807) is 30.3 Å². The number of carboxylic acid groups (broad SMARTS) is 1. The number of benzene rings is 1. The molecule has 0 spiro atoms. The zero-order valence-corrected chi connectivity index (χ0v) is 9.03. The Morgan fingerprint density at radius 3 is 2.08 bits per heavy atom. The molecule has 3 nitrogen and oxygen atoms in total. The summed E-state index contributed by atoms with van der Waals surface area (Å²) in [6.45, 7) is 0. The number of hydrogen-bond donors (Lipinski definition) is 2. The van der Waals surface area contributed by atoms with Crippen LogP contribution in [0.5, 0.6) is 0 Å². The van der Waals surface area contributed by atoms with Gasteiger partial charge in [-0.2, -0.15) is 0 Å². The Hall–Kier alpha value is -0.350. The van der Waals surface area contributed by atoms with Crippen molar-refractivity contribution in [1.82, 2.24) is 0 Å². The van der Waals surface area contributed by atoms with Crippen molar-refractivity contribution in [3.8, 4) is 0 Å². The van der Waals surface area contributed by atoms with Gasteiger partial charge in [0, 0.05) is 0 Å². The van der Waals surface area contributed by atoms with Crippen LogP contribution in [0.2, 0.25) is 0 Å². The number of carbonyl (C=O) groups is 1. The molecule has 3 N–H and O–H groups in total.